The summed E-state index contributed by atoms with van der Waals surface area (Å²) < 4.78 is 0. The number of hydrogen-bond donors (Lipinski definition) is 0. The topological polar surface area (TPSA) is 18.8 Å². The summed E-state index contributed by atoms with van der Waals surface area (Å²) in [6.45, 7) is 8.48. The van der Waals surface area contributed by atoms with Gasteiger partial charge in [-0.25, -0.2) is 5.01 Å². The van der Waals surface area contributed by atoms with Gasteiger partial charge in [0.05, 0.1) is 19.4 Å². The van der Waals surface area contributed by atoms with Crippen LogP contribution in [0.25, 0.3) is 0 Å². The molecule has 0 amide bonds. The van der Waals surface area contributed by atoms with Gasteiger partial charge in [-0.1, -0.05) is 13.8 Å². The van der Waals surface area contributed by atoms with Crippen LogP contribution < -0.4 is 0 Å². The molecule has 0 unspecified atom stereocenters. The summed E-state index contributed by atoms with van der Waals surface area (Å²) in [5.74, 6) is 0. The van der Waals surface area contributed by atoms with E-state index in [9.17, 15) is 0 Å². The van der Waals surface area contributed by atoms with Crippen molar-refractivity contribution < 1.29 is 0 Å². The predicted octanol–water partition coefficient (Wildman–Crippen LogP) is 0.587. The molecule has 0 atom stereocenters. The highest BCUT2D eigenvalue weighted by Crippen LogP contribution is 1.98. The maximum Gasteiger partial charge on any atom is 0.0995 e. The van der Waals surface area contributed by atoms with Crippen LogP contribution in [0.3, 0.4) is 0 Å². The maximum absolute atomic E-state index is 4.14. The lowest BCUT2D eigenvalue weighted by atomic mass is 10.6. The molecule has 1 aliphatic rings. The van der Waals surface area contributed by atoms with Crippen molar-refractivity contribution in [2.75, 3.05) is 26.2 Å². The Morgan fingerprint density at radius 2 is 2.20 bits per heavy atom. The zero-order valence-corrected chi connectivity index (χ0v) is 6.75. The molecule has 1 aliphatic heterocycles. The third kappa shape index (κ3) is 1.48. The van der Waals surface area contributed by atoms with Gasteiger partial charge < -0.3 is 0 Å². The Hall–Kier alpha value is -0.570. The average molecular weight is 141 g/mol. The average Bonchev–Trinajstić information content (AvgIpc) is 2.43. The molecule has 3 nitrogen and oxygen atoms in total. The van der Waals surface area contributed by atoms with Crippen molar-refractivity contribution in [1.82, 2.24) is 10.0 Å². The van der Waals surface area contributed by atoms with Crippen molar-refractivity contribution in [1.29, 1.82) is 0 Å². The molecule has 1 heterocycles. The summed E-state index contributed by atoms with van der Waals surface area (Å²) in [4.78, 5) is 4.14. The van der Waals surface area contributed by atoms with Gasteiger partial charge in [0.25, 0.3) is 0 Å². The first-order valence-corrected chi connectivity index (χ1v) is 3.90. The third-order valence-electron chi connectivity index (χ3n) is 1.77. The van der Waals surface area contributed by atoms with Crippen molar-refractivity contribution in [3.05, 3.63) is 0 Å². The highest BCUT2D eigenvalue weighted by atomic mass is 15.6. The summed E-state index contributed by atoms with van der Waals surface area (Å²) in [6.07, 6.45) is 1.92. The molecule has 0 aromatic carbocycles. The van der Waals surface area contributed by atoms with Crippen LogP contribution in [0.1, 0.15) is 13.8 Å². The van der Waals surface area contributed by atoms with E-state index in [0.29, 0.717) is 0 Å². The minimum Gasteiger partial charge on any atom is -0.294 e. The number of aliphatic imine (C=N–C) groups is 1. The van der Waals surface area contributed by atoms with E-state index >= 15 is 0 Å². The van der Waals surface area contributed by atoms with Gasteiger partial charge in [-0.2, -0.15) is 0 Å². The van der Waals surface area contributed by atoms with Crippen molar-refractivity contribution >= 4 is 6.34 Å². The minimum atomic E-state index is 0.955. The molecule has 10 heavy (non-hydrogen) atoms. The molecule has 0 aromatic heterocycles. The minimum absolute atomic E-state index is 0.955. The number of nitrogens with zero attached hydrogens (tertiary/aromatic N) is 3. The van der Waals surface area contributed by atoms with Gasteiger partial charge in [0.1, 0.15) is 0 Å². The third-order valence-corrected chi connectivity index (χ3v) is 1.77. The molecule has 3 heteroatoms. The molecule has 0 saturated heterocycles. The molecule has 0 aromatic rings. The second kappa shape index (κ2) is 3.56. The first-order chi connectivity index (χ1) is 4.88. The van der Waals surface area contributed by atoms with Crippen LogP contribution in [0.5, 0.6) is 0 Å². The van der Waals surface area contributed by atoms with Crippen LogP contribution in [0.2, 0.25) is 0 Å². The second-order valence-corrected chi connectivity index (χ2v) is 2.32. The molecule has 0 radical (unpaired) electrons. The van der Waals surface area contributed by atoms with Gasteiger partial charge in [-0.15, -0.1) is 0 Å². The van der Waals surface area contributed by atoms with Gasteiger partial charge in [0, 0.05) is 13.1 Å². The normalized spacial score (nSPS) is 17.3. The summed E-state index contributed by atoms with van der Waals surface area (Å²) in [5.41, 5.74) is 0. The van der Waals surface area contributed by atoms with Gasteiger partial charge in [-0.3, -0.25) is 10.0 Å². The van der Waals surface area contributed by atoms with Gasteiger partial charge >= 0.3 is 0 Å². The van der Waals surface area contributed by atoms with Gasteiger partial charge in [0.15, 0.2) is 0 Å². The Bertz CT molecular complexity index is 118. The van der Waals surface area contributed by atoms with Crippen molar-refractivity contribution in [3.63, 3.8) is 0 Å². The number of hydrazine groups is 1. The van der Waals surface area contributed by atoms with Gasteiger partial charge in [0.2, 0.25) is 0 Å². The molecule has 0 N–H and O–H groups in total. The van der Waals surface area contributed by atoms with E-state index in [2.05, 4.69) is 28.9 Å². The monoisotopic (exact) mass is 141 g/mol. The molecular weight excluding hydrogens is 126 g/mol. The summed E-state index contributed by atoms with van der Waals surface area (Å²) in [7, 11) is 0. The molecule has 58 valence electrons. The molecule has 0 spiro atoms. The second-order valence-electron chi connectivity index (χ2n) is 2.32. The van der Waals surface area contributed by atoms with Crippen LogP contribution in [0.4, 0.5) is 0 Å². The molecular formula is C7H15N3. The molecule has 0 aliphatic carbocycles. The van der Waals surface area contributed by atoms with Crippen LogP contribution in [0, 0.1) is 0 Å². The van der Waals surface area contributed by atoms with Crippen LogP contribution in [-0.4, -0.2) is 42.5 Å². The fraction of sp³-hybridized carbons (Fsp3) is 0.857. The fourth-order valence-electron chi connectivity index (χ4n) is 1.17. The predicted molar refractivity (Wildman–Crippen MR) is 43.0 cm³/mol. The number of rotatable bonds is 3. The Kier molecular flexibility index (Phi) is 2.68. The van der Waals surface area contributed by atoms with Crippen molar-refractivity contribution in [2.24, 2.45) is 4.99 Å². The molecule has 0 fully saturated rings. The van der Waals surface area contributed by atoms with Crippen molar-refractivity contribution in [3.8, 4) is 0 Å². The van der Waals surface area contributed by atoms with E-state index in [1.807, 2.05) is 6.34 Å². The molecule has 0 saturated carbocycles. The van der Waals surface area contributed by atoms with Crippen LogP contribution in [-0.2, 0) is 0 Å². The molecule has 1 rings (SSSR count). The Morgan fingerprint density at radius 1 is 1.50 bits per heavy atom. The first-order valence-electron chi connectivity index (χ1n) is 3.90. The highest BCUT2D eigenvalue weighted by Gasteiger charge is 2.10. The summed E-state index contributed by atoms with van der Waals surface area (Å²) in [6, 6.07) is 0. The Labute approximate surface area is 62.3 Å². The lowest BCUT2D eigenvalue weighted by molar-refractivity contribution is 0.0737. The van der Waals surface area contributed by atoms with E-state index < -0.39 is 0 Å². The zero-order valence-electron chi connectivity index (χ0n) is 6.75. The summed E-state index contributed by atoms with van der Waals surface area (Å²) >= 11 is 0. The first kappa shape index (κ1) is 7.54. The quantitative estimate of drug-likeness (QED) is 0.572. The van der Waals surface area contributed by atoms with Gasteiger partial charge in [-0.05, 0) is 0 Å². The largest absolute Gasteiger partial charge is 0.294 e. The fourth-order valence-corrected chi connectivity index (χ4v) is 1.17. The smallest absolute Gasteiger partial charge is 0.0995 e. The standard InChI is InChI=1S/C7H15N3/c1-3-9(4-2)10-6-5-8-7-10/h7H,3-6H2,1-2H3. The van der Waals surface area contributed by atoms with Crippen molar-refractivity contribution in [2.45, 2.75) is 13.8 Å². The van der Waals surface area contributed by atoms with Crippen LogP contribution in [0.15, 0.2) is 4.99 Å². The maximum atomic E-state index is 4.14. The Morgan fingerprint density at radius 3 is 2.60 bits per heavy atom. The lowest BCUT2D eigenvalue weighted by Crippen LogP contribution is -2.40. The van der Waals surface area contributed by atoms with Crippen LogP contribution >= 0.6 is 0 Å². The zero-order chi connectivity index (χ0) is 7.40. The Balaban J connectivity index is 2.37. The van der Waals surface area contributed by atoms with E-state index in [-0.39, 0.29) is 0 Å². The van der Waals surface area contributed by atoms with E-state index in [0.717, 1.165) is 26.2 Å². The number of hydrogen-bond acceptors (Lipinski definition) is 3. The van der Waals surface area contributed by atoms with E-state index in [4.69, 9.17) is 0 Å². The highest BCUT2D eigenvalue weighted by molar-refractivity contribution is 5.56. The lowest BCUT2D eigenvalue weighted by Gasteiger charge is -2.27. The molecule has 0 bridgehead atoms. The van der Waals surface area contributed by atoms with E-state index in [1.165, 1.54) is 0 Å². The van der Waals surface area contributed by atoms with E-state index in [1.54, 1.807) is 0 Å². The summed E-state index contributed by atoms with van der Waals surface area (Å²) in [5, 5.41) is 4.45. The SMILES string of the molecule is CCN(CC)N1C=NCC1.